The molecule has 2 aromatic carbocycles. The molecular formula is C24H29FN4O3. The Hall–Kier alpha value is -3.29. The monoisotopic (exact) mass is 440 g/mol. The zero-order valence-corrected chi connectivity index (χ0v) is 19.1. The van der Waals surface area contributed by atoms with Crippen LogP contribution >= 0.6 is 0 Å². The van der Waals surface area contributed by atoms with E-state index >= 15 is 4.39 Å². The van der Waals surface area contributed by atoms with Crippen molar-refractivity contribution in [3.8, 4) is 5.75 Å². The second-order valence-corrected chi connectivity index (χ2v) is 8.27. The van der Waals surface area contributed by atoms with Crippen molar-refractivity contribution in [3.05, 3.63) is 53.3 Å². The van der Waals surface area contributed by atoms with Crippen molar-refractivity contribution in [2.45, 2.75) is 65.5 Å². The highest BCUT2D eigenvalue weighted by Gasteiger charge is 2.42. The summed E-state index contributed by atoms with van der Waals surface area (Å²) in [6, 6.07) is 9.74. The van der Waals surface area contributed by atoms with Gasteiger partial charge >= 0.3 is 0 Å². The molecule has 170 valence electrons. The van der Waals surface area contributed by atoms with Crippen molar-refractivity contribution in [1.82, 2.24) is 0 Å². The number of aryl methyl sites for hydroxylation is 1. The van der Waals surface area contributed by atoms with Gasteiger partial charge in [-0.05, 0) is 57.4 Å². The second kappa shape index (κ2) is 9.46. The summed E-state index contributed by atoms with van der Waals surface area (Å²) in [7, 11) is 0. The fourth-order valence-electron chi connectivity index (χ4n) is 3.42. The van der Waals surface area contributed by atoms with Gasteiger partial charge < -0.3 is 10.1 Å². The first kappa shape index (κ1) is 23.4. The second-order valence-electron chi connectivity index (χ2n) is 8.27. The van der Waals surface area contributed by atoms with Crippen LogP contribution < -0.4 is 15.1 Å². The molecule has 7 nitrogen and oxygen atoms in total. The van der Waals surface area contributed by atoms with Gasteiger partial charge in [0.1, 0.15) is 17.3 Å². The van der Waals surface area contributed by atoms with E-state index in [0.29, 0.717) is 12.1 Å². The first-order valence-electron chi connectivity index (χ1n) is 10.8. The molecule has 3 rings (SSSR count). The molecule has 0 aromatic heterocycles. The Morgan fingerprint density at radius 1 is 1.28 bits per heavy atom. The van der Waals surface area contributed by atoms with E-state index in [1.807, 2.05) is 45.9 Å². The molecule has 0 radical (unpaired) electrons. The highest BCUT2D eigenvalue weighted by atomic mass is 19.1. The van der Waals surface area contributed by atoms with E-state index in [2.05, 4.69) is 15.7 Å². The van der Waals surface area contributed by atoms with Crippen molar-refractivity contribution in [2.75, 3.05) is 10.3 Å². The van der Waals surface area contributed by atoms with Gasteiger partial charge in [-0.2, -0.15) is 10.1 Å². The fraction of sp³-hybridized carbons (Fsp3) is 0.417. The van der Waals surface area contributed by atoms with Gasteiger partial charge in [-0.3, -0.25) is 9.59 Å². The Bertz CT molecular complexity index is 1060. The van der Waals surface area contributed by atoms with Crippen LogP contribution in [0.5, 0.6) is 5.75 Å². The Labute approximate surface area is 187 Å². The van der Waals surface area contributed by atoms with E-state index in [1.54, 1.807) is 13.0 Å². The summed E-state index contributed by atoms with van der Waals surface area (Å²) in [6.07, 6.45) is 1.86. The molecule has 2 aromatic rings. The van der Waals surface area contributed by atoms with Crippen LogP contribution in [0.1, 0.15) is 62.9 Å². The van der Waals surface area contributed by atoms with E-state index in [1.165, 1.54) is 6.07 Å². The predicted molar refractivity (Wildman–Crippen MR) is 122 cm³/mol. The highest BCUT2D eigenvalue weighted by molar-refractivity contribution is 6.07. The van der Waals surface area contributed by atoms with Crippen molar-refractivity contribution in [2.24, 2.45) is 10.3 Å². The molecule has 0 aliphatic carbocycles. The number of carbonyl (C=O) groups is 2. The standard InChI is InChI=1S/C24H29FN4O3/c1-6-9-16(4)32-21-14-20(29-23(31)24(5,7-2)27-28-29)19(25)13-18(21)22(30)26-17-11-8-10-15(3)12-17/h8,10-14,16H,6-7,9H2,1-5H3,(H,26,30)/t16-,24?/m0/s1. The van der Waals surface area contributed by atoms with Gasteiger partial charge in [-0.15, -0.1) is 0 Å². The molecule has 32 heavy (non-hydrogen) atoms. The van der Waals surface area contributed by atoms with Gasteiger partial charge in [0, 0.05) is 11.8 Å². The zero-order chi connectivity index (χ0) is 23.5. The van der Waals surface area contributed by atoms with Crippen LogP contribution in [0.25, 0.3) is 0 Å². The van der Waals surface area contributed by atoms with Crippen LogP contribution in [-0.2, 0) is 4.79 Å². The van der Waals surface area contributed by atoms with Crippen LogP contribution in [0.15, 0.2) is 46.7 Å². The Kier molecular flexibility index (Phi) is 6.91. The molecule has 1 aliphatic heterocycles. The van der Waals surface area contributed by atoms with E-state index in [0.717, 1.165) is 29.5 Å². The van der Waals surface area contributed by atoms with Crippen LogP contribution in [0.4, 0.5) is 15.8 Å². The first-order chi connectivity index (χ1) is 15.2. The number of hydrogen-bond donors (Lipinski definition) is 1. The largest absolute Gasteiger partial charge is 0.490 e. The quantitative estimate of drug-likeness (QED) is 0.560. The molecule has 0 saturated heterocycles. The van der Waals surface area contributed by atoms with Crippen molar-refractivity contribution in [3.63, 3.8) is 0 Å². The van der Waals surface area contributed by atoms with Crippen molar-refractivity contribution < 1.29 is 18.7 Å². The lowest BCUT2D eigenvalue weighted by molar-refractivity contribution is -0.121. The molecule has 8 heteroatoms. The minimum absolute atomic E-state index is 0.0394. The molecular weight excluding hydrogens is 411 g/mol. The third-order valence-corrected chi connectivity index (χ3v) is 5.52. The van der Waals surface area contributed by atoms with Crippen LogP contribution in [0.3, 0.4) is 0 Å². The average molecular weight is 441 g/mol. The van der Waals surface area contributed by atoms with Gasteiger partial charge in [0.15, 0.2) is 5.54 Å². The summed E-state index contributed by atoms with van der Waals surface area (Å²) in [4.78, 5) is 25.8. The Morgan fingerprint density at radius 2 is 2.03 bits per heavy atom. The number of nitrogens with one attached hydrogen (secondary N) is 1. The van der Waals surface area contributed by atoms with Gasteiger partial charge in [0.25, 0.3) is 11.8 Å². The molecule has 0 bridgehead atoms. The smallest absolute Gasteiger partial charge is 0.278 e. The van der Waals surface area contributed by atoms with E-state index in [9.17, 15) is 9.59 Å². The van der Waals surface area contributed by atoms with Crippen LogP contribution in [-0.4, -0.2) is 23.5 Å². The number of halogens is 1. The zero-order valence-electron chi connectivity index (χ0n) is 19.1. The summed E-state index contributed by atoms with van der Waals surface area (Å²) in [5.74, 6) is -1.51. The molecule has 1 unspecified atom stereocenters. The van der Waals surface area contributed by atoms with Gasteiger partial charge in [-0.1, -0.05) is 37.6 Å². The molecule has 1 N–H and O–H groups in total. The molecule has 2 atom stereocenters. The lowest BCUT2D eigenvalue weighted by Gasteiger charge is -2.21. The number of ether oxygens (including phenoxy) is 1. The number of amides is 2. The van der Waals surface area contributed by atoms with E-state index in [4.69, 9.17) is 4.74 Å². The maximum absolute atomic E-state index is 15.1. The lowest BCUT2D eigenvalue weighted by Crippen LogP contribution is -2.38. The predicted octanol–water partition coefficient (Wildman–Crippen LogP) is 5.84. The number of anilines is 2. The highest BCUT2D eigenvalue weighted by Crippen LogP contribution is 2.36. The Morgan fingerprint density at radius 3 is 2.66 bits per heavy atom. The van der Waals surface area contributed by atoms with E-state index in [-0.39, 0.29) is 23.1 Å². The first-order valence-corrected chi connectivity index (χ1v) is 10.8. The third-order valence-electron chi connectivity index (χ3n) is 5.52. The molecule has 1 heterocycles. The van der Waals surface area contributed by atoms with Gasteiger partial charge in [0.2, 0.25) is 0 Å². The summed E-state index contributed by atoms with van der Waals surface area (Å²) in [5, 5.41) is 11.6. The van der Waals surface area contributed by atoms with Gasteiger partial charge in [-0.25, -0.2) is 4.39 Å². The normalized spacial score (nSPS) is 18.7. The molecule has 2 amide bonds. The fourth-order valence-corrected chi connectivity index (χ4v) is 3.42. The number of rotatable bonds is 8. The topological polar surface area (TPSA) is 83.4 Å². The van der Waals surface area contributed by atoms with Crippen molar-refractivity contribution in [1.29, 1.82) is 0 Å². The maximum atomic E-state index is 15.1. The minimum atomic E-state index is -1.04. The van der Waals surface area contributed by atoms with Gasteiger partial charge in [0.05, 0.1) is 11.7 Å². The summed E-state index contributed by atoms with van der Waals surface area (Å²) < 4.78 is 21.1. The summed E-state index contributed by atoms with van der Waals surface area (Å²) >= 11 is 0. The molecule has 0 fully saturated rings. The summed E-state index contributed by atoms with van der Waals surface area (Å²) in [6.45, 7) is 9.29. The average Bonchev–Trinajstić information content (AvgIpc) is 3.04. The molecule has 0 spiro atoms. The van der Waals surface area contributed by atoms with Crippen molar-refractivity contribution >= 4 is 23.2 Å². The number of nitrogens with zero attached hydrogens (tertiary/aromatic N) is 3. The Balaban J connectivity index is 1.99. The lowest BCUT2D eigenvalue weighted by atomic mass is 9.99. The maximum Gasteiger partial charge on any atom is 0.278 e. The number of benzene rings is 2. The number of hydrogen-bond acceptors (Lipinski definition) is 5. The third kappa shape index (κ3) is 4.79. The molecule has 0 saturated carbocycles. The number of carbonyl (C=O) groups excluding carboxylic acids is 2. The molecule has 1 aliphatic rings. The van der Waals surface area contributed by atoms with Crippen LogP contribution in [0.2, 0.25) is 0 Å². The summed E-state index contributed by atoms with van der Waals surface area (Å²) in [5.41, 5.74) is 0.479. The SMILES string of the molecule is CCC[C@H](C)Oc1cc(N2N=NC(C)(CC)C2=O)c(F)cc1C(=O)Nc1cccc(C)c1. The van der Waals surface area contributed by atoms with E-state index < -0.39 is 23.2 Å². The van der Waals surface area contributed by atoms with Crippen LogP contribution in [0, 0.1) is 12.7 Å². The minimum Gasteiger partial charge on any atom is -0.490 e.